The van der Waals surface area contributed by atoms with Gasteiger partial charge in [0.05, 0.1) is 22.5 Å². The van der Waals surface area contributed by atoms with Crippen LogP contribution in [0.3, 0.4) is 0 Å². The maximum Gasteiger partial charge on any atom is 0.261 e. The average Bonchev–Trinajstić information content (AvgIpc) is 2.73. The summed E-state index contributed by atoms with van der Waals surface area (Å²) in [7, 11) is -7.60. The molecule has 0 spiro atoms. The number of amides is 1. The highest BCUT2D eigenvalue weighted by atomic mass is 79.9. The minimum atomic E-state index is -3.87. The lowest BCUT2D eigenvalue weighted by atomic mass is 10.2. The van der Waals surface area contributed by atoms with Crippen molar-refractivity contribution in [3.63, 3.8) is 0 Å². The molecule has 0 bridgehead atoms. The molecule has 0 unspecified atom stereocenters. The van der Waals surface area contributed by atoms with E-state index in [-0.39, 0.29) is 4.90 Å². The van der Waals surface area contributed by atoms with E-state index in [0.717, 1.165) is 20.6 Å². The molecule has 34 heavy (non-hydrogen) atoms. The third-order valence-corrected chi connectivity index (χ3v) is 8.30. The molecule has 2 N–H and O–H groups in total. The lowest BCUT2D eigenvalue weighted by Gasteiger charge is -2.22. The first-order valence-electron chi connectivity index (χ1n) is 9.77. The van der Waals surface area contributed by atoms with Gasteiger partial charge in [-0.05, 0) is 73.2 Å². The first-order chi connectivity index (χ1) is 15.8. The number of benzene rings is 3. The van der Waals surface area contributed by atoms with Gasteiger partial charge in [-0.25, -0.2) is 16.8 Å². The largest absolute Gasteiger partial charge is 0.325 e. The van der Waals surface area contributed by atoms with Crippen LogP contribution in [-0.4, -0.2) is 35.5 Å². The second-order valence-electron chi connectivity index (χ2n) is 7.39. The van der Waals surface area contributed by atoms with Gasteiger partial charge in [-0.1, -0.05) is 33.6 Å². The van der Waals surface area contributed by atoms with Gasteiger partial charge in [0.15, 0.2) is 0 Å². The molecule has 12 heteroatoms. The fourth-order valence-electron chi connectivity index (χ4n) is 3.00. The van der Waals surface area contributed by atoms with E-state index in [0.29, 0.717) is 22.1 Å². The van der Waals surface area contributed by atoms with Crippen molar-refractivity contribution in [2.24, 2.45) is 0 Å². The summed E-state index contributed by atoms with van der Waals surface area (Å²) in [5, 5.41) is 2.98. The Bertz CT molecular complexity index is 1430. The van der Waals surface area contributed by atoms with Gasteiger partial charge in [0.25, 0.3) is 10.0 Å². The van der Waals surface area contributed by atoms with E-state index in [9.17, 15) is 21.6 Å². The fraction of sp³-hybridized carbons (Fsp3) is 0.136. The van der Waals surface area contributed by atoms with Crippen LogP contribution >= 0.6 is 27.5 Å². The SMILES string of the molecule is Cc1cc(N(CC(=O)Nc2ccc(S(=O)(=O)Nc3cccc(Cl)c3)cc2)S(C)(=O)=O)ccc1Br. The van der Waals surface area contributed by atoms with E-state index in [1.165, 1.54) is 30.3 Å². The van der Waals surface area contributed by atoms with Gasteiger partial charge in [-0.15, -0.1) is 0 Å². The van der Waals surface area contributed by atoms with Crippen molar-refractivity contribution in [2.75, 3.05) is 27.1 Å². The molecule has 0 aliphatic rings. The molecule has 0 radical (unpaired) electrons. The van der Waals surface area contributed by atoms with Crippen molar-refractivity contribution in [3.8, 4) is 0 Å². The normalized spacial score (nSPS) is 11.6. The van der Waals surface area contributed by atoms with Gasteiger partial charge >= 0.3 is 0 Å². The molecule has 3 rings (SSSR count). The van der Waals surface area contributed by atoms with Gasteiger partial charge in [0.1, 0.15) is 6.54 Å². The van der Waals surface area contributed by atoms with Crippen molar-refractivity contribution >= 4 is 70.5 Å². The molecule has 0 atom stereocenters. The number of anilines is 3. The fourth-order valence-corrected chi connectivity index (χ4v) is 5.33. The van der Waals surface area contributed by atoms with E-state index in [1.807, 2.05) is 6.92 Å². The first-order valence-corrected chi connectivity index (χ1v) is 14.3. The summed E-state index contributed by atoms with van der Waals surface area (Å²) in [5.41, 5.74) is 1.79. The Morgan fingerprint density at radius 2 is 1.65 bits per heavy atom. The quantitative estimate of drug-likeness (QED) is 0.400. The highest BCUT2D eigenvalue weighted by Gasteiger charge is 2.22. The van der Waals surface area contributed by atoms with Crippen LogP contribution < -0.4 is 14.3 Å². The number of hydrogen-bond acceptors (Lipinski definition) is 5. The molecule has 0 heterocycles. The summed E-state index contributed by atoms with van der Waals surface area (Å²) in [5.74, 6) is -0.585. The molecule has 0 saturated heterocycles. The molecule has 8 nitrogen and oxygen atoms in total. The topological polar surface area (TPSA) is 113 Å². The molecule has 180 valence electrons. The second-order valence-corrected chi connectivity index (χ2v) is 12.3. The van der Waals surface area contributed by atoms with E-state index >= 15 is 0 Å². The molecular weight excluding hydrogens is 566 g/mol. The number of aryl methyl sites for hydroxylation is 1. The lowest BCUT2D eigenvalue weighted by Crippen LogP contribution is -2.37. The van der Waals surface area contributed by atoms with Crippen LogP contribution in [0.25, 0.3) is 0 Å². The van der Waals surface area contributed by atoms with Crippen molar-refractivity contribution in [1.82, 2.24) is 0 Å². The molecular formula is C22H21BrClN3O5S2. The summed E-state index contributed by atoms with van der Waals surface area (Å²) in [4.78, 5) is 12.6. The smallest absolute Gasteiger partial charge is 0.261 e. The van der Waals surface area contributed by atoms with E-state index in [4.69, 9.17) is 11.6 Å². The summed E-state index contributed by atoms with van der Waals surface area (Å²) >= 11 is 9.25. The Labute approximate surface area is 212 Å². The molecule has 0 fully saturated rings. The summed E-state index contributed by atoms with van der Waals surface area (Å²) in [6.45, 7) is 1.36. The van der Waals surface area contributed by atoms with Crippen LogP contribution in [0, 0.1) is 6.92 Å². The zero-order chi connectivity index (χ0) is 25.1. The zero-order valence-corrected chi connectivity index (χ0v) is 22.1. The standard InChI is InChI=1S/C22H21BrClN3O5S2/c1-15-12-19(8-11-21(15)23)27(33(2,29)30)14-22(28)25-17-6-9-20(10-7-17)34(31,32)26-18-5-3-4-16(24)13-18/h3-13,26H,14H2,1-2H3,(H,25,28). The molecule has 0 aliphatic carbocycles. The Hall–Kier alpha value is -2.60. The van der Waals surface area contributed by atoms with Gasteiger partial charge in [0, 0.05) is 15.2 Å². The maximum absolute atomic E-state index is 12.6. The van der Waals surface area contributed by atoms with E-state index < -0.39 is 32.5 Å². The third kappa shape index (κ3) is 6.72. The van der Waals surface area contributed by atoms with E-state index in [1.54, 1.807) is 36.4 Å². The highest BCUT2D eigenvalue weighted by molar-refractivity contribution is 9.10. The van der Waals surface area contributed by atoms with Gasteiger partial charge in [-0.3, -0.25) is 13.8 Å². The van der Waals surface area contributed by atoms with Crippen LogP contribution in [0.2, 0.25) is 5.02 Å². The van der Waals surface area contributed by atoms with E-state index in [2.05, 4.69) is 26.0 Å². The molecule has 0 aliphatic heterocycles. The van der Waals surface area contributed by atoms with Crippen LogP contribution in [0.5, 0.6) is 0 Å². The molecule has 3 aromatic rings. The Morgan fingerprint density at radius 3 is 2.24 bits per heavy atom. The minimum Gasteiger partial charge on any atom is -0.325 e. The number of halogens is 2. The third-order valence-electron chi connectivity index (χ3n) is 4.64. The number of rotatable bonds is 8. The van der Waals surface area contributed by atoms with Crippen molar-refractivity contribution in [3.05, 3.63) is 81.8 Å². The summed E-state index contributed by atoms with van der Waals surface area (Å²) < 4.78 is 54.0. The number of nitrogens with one attached hydrogen (secondary N) is 2. The summed E-state index contributed by atoms with van der Waals surface area (Å²) in [6.07, 6.45) is 1.02. The molecule has 3 aromatic carbocycles. The predicted octanol–water partition coefficient (Wildman–Crippen LogP) is 4.62. The van der Waals surface area contributed by atoms with Crippen molar-refractivity contribution < 1.29 is 21.6 Å². The van der Waals surface area contributed by atoms with Crippen molar-refractivity contribution in [2.45, 2.75) is 11.8 Å². The predicted molar refractivity (Wildman–Crippen MR) is 138 cm³/mol. The van der Waals surface area contributed by atoms with Crippen LogP contribution in [0.4, 0.5) is 17.1 Å². The Balaban J connectivity index is 1.72. The monoisotopic (exact) mass is 585 g/mol. The average molecular weight is 587 g/mol. The number of hydrogen-bond donors (Lipinski definition) is 2. The minimum absolute atomic E-state index is 0.0198. The first kappa shape index (κ1) is 26.0. The number of nitrogens with zero attached hydrogens (tertiary/aromatic N) is 1. The van der Waals surface area contributed by atoms with Crippen LogP contribution in [0.1, 0.15) is 5.56 Å². The van der Waals surface area contributed by atoms with Gasteiger partial charge < -0.3 is 5.32 Å². The lowest BCUT2D eigenvalue weighted by molar-refractivity contribution is -0.114. The highest BCUT2D eigenvalue weighted by Crippen LogP contribution is 2.25. The Morgan fingerprint density at radius 1 is 0.971 bits per heavy atom. The zero-order valence-electron chi connectivity index (χ0n) is 18.1. The van der Waals surface area contributed by atoms with Crippen LogP contribution in [0.15, 0.2) is 76.1 Å². The number of carbonyl (C=O) groups is 1. The Kier molecular flexibility index (Phi) is 7.91. The van der Waals surface area contributed by atoms with Crippen LogP contribution in [-0.2, 0) is 24.8 Å². The van der Waals surface area contributed by atoms with Crippen molar-refractivity contribution in [1.29, 1.82) is 0 Å². The number of sulfonamides is 2. The molecule has 0 aromatic heterocycles. The maximum atomic E-state index is 12.6. The molecule has 0 saturated carbocycles. The molecule has 1 amide bonds. The van der Waals surface area contributed by atoms with Gasteiger partial charge in [-0.2, -0.15) is 0 Å². The second kappa shape index (κ2) is 10.3. The number of carbonyl (C=O) groups excluding carboxylic acids is 1. The van der Waals surface area contributed by atoms with Gasteiger partial charge in [0.2, 0.25) is 15.9 Å². The summed E-state index contributed by atoms with van der Waals surface area (Å²) in [6, 6.07) is 16.7.